The molecule has 2 aromatic carbocycles. The van der Waals surface area contributed by atoms with E-state index in [0.29, 0.717) is 5.39 Å². The van der Waals surface area contributed by atoms with Crippen molar-refractivity contribution in [1.82, 2.24) is 0 Å². The van der Waals surface area contributed by atoms with Crippen LogP contribution in [0.5, 0.6) is 0 Å². The molecule has 0 radical (unpaired) electrons. The standard InChI is InChI=1S/C19H21F3O/c1-16(2)13-8-6-7-11-12(18(5,23)19(20,21)22)9-10-14(15(11)13)17(16,3)4/h6-10,23H,1-5H3. The van der Waals surface area contributed by atoms with Crippen molar-refractivity contribution < 1.29 is 18.3 Å². The first-order chi connectivity index (χ1) is 10.3. The number of hydrogen-bond donors (Lipinski definition) is 1. The van der Waals surface area contributed by atoms with E-state index in [1.165, 1.54) is 6.07 Å². The van der Waals surface area contributed by atoms with Crippen LogP contribution >= 0.6 is 0 Å². The first-order valence-corrected chi connectivity index (χ1v) is 7.70. The van der Waals surface area contributed by atoms with E-state index < -0.39 is 11.8 Å². The quantitative estimate of drug-likeness (QED) is 0.767. The SMILES string of the molecule is CC1(C)c2cccc3c(C(C)(O)C(F)(F)F)ccc(c23)C1(C)C. The topological polar surface area (TPSA) is 20.2 Å². The van der Waals surface area contributed by atoms with Gasteiger partial charge in [0.05, 0.1) is 0 Å². The molecule has 1 nitrogen and oxygen atoms in total. The lowest BCUT2D eigenvalue weighted by Crippen LogP contribution is -2.39. The third-order valence-electron chi connectivity index (χ3n) is 6.03. The van der Waals surface area contributed by atoms with Crippen LogP contribution in [0, 0.1) is 0 Å². The highest BCUT2D eigenvalue weighted by molar-refractivity contribution is 5.96. The fraction of sp³-hybridized carbons (Fsp3) is 0.474. The average molecular weight is 322 g/mol. The van der Waals surface area contributed by atoms with Gasteiger partial charge in [-0.2, -0.15) is 13.2 Å². The summed E-state index contributed by atoms with van der Waals surface area (Å²) in [6, 6.07) is 8.61. The molecule has 1 atom stereocenters. The number of aliphatic hydroxyl groups is 1. The molecule has 0 saturated carbocycles. The van der Waals surface area contributed by atoms with Crippen LogP contribution in [0.1, 0.15) is 51.3 Å². The lowest BCUT2D eigenvalue weighted by atomic mass is 9.66. The van der Waals surface area contributed by atoms with E-state index in [9.17, 15) is 18.3 Å². The number of benzene rings is 2. The Hall–Kier alpha value is -1.55. The molecular formula is C19H21F3O. The maximum Gasteiger partial charge on any atom is 0.421 e. The molecule has 0 saturated heterocycles. The van der Waals surface area contributed by atoms with Crippen molar-refractivity contribution in [3.8, 4) is 0 Å². The van der Waals surface area contributed by atoms with E-state index in [1.807, 2.05) is 6.07 Å². The summed E-state index contributed by atoms with van der Waals surface area (Å²) in [6.07, 6.45) is -4.73. The first-order valence-electron chi connectivity index (χ1n) is 7.70. The Morgan fingerprint density at radius 1 is 0.870 bits per heavy atom. The number of alkyl halides is 3. The van der Waals surface area contributed by atoms with Crippen LogP contribution in [-0.4, -0.2) is 11.3 Å². The fourth-order valence-corrected chi connectivity index (χ4v) is 3.70. The molecule has 23 heavy (non-hydrogen) atoms. The zero-order valence-electron chi connectivity index (χ0n) is 14.0. The molecule has 0 spiro atoms. The normalized spacial score (nSPS) is 21.4. The third-order valence-corrected chi connectivity index (χ3v) is 6.03. The Morgan fingerprint density at radius 3 is 1.91 bits per heavy atom. The van der Waals surface area contributed by atoms with Gasteiger partial charge in [0.1, 0.15) is 0 Å². The minimum Gasteiger partial charge on any atom is -0.376 e. The van der Waals surface area contributed by atoms with Gasteiger partial charge >= 0.3 is 6.18 Å². The van der Waals surface area contributed by atoms with E-state index in [1.54, 1.807) is 18.2 Å². The van der Waals surface area contributed by atoms with Gasteiger partial charge in [-0.1, -0.05) is 58.0 Å². The van der Waals surface area contributed by atoms with Gasteiger partial charge in [0.2, 0.25) is 0 Å². The second kappa shape index (κ2) is 4.29. The summed E-state index contributed by atoms with van der Waals surface area (Å²) in [6.45, 7) is 9.28. The Kier molecular flexibility index (Phi) is 3.04. The Bertz CT molecular complexity index is 778. The van der Waals surface area contributed by atoms with Crippen molar-refractivity contribution in [2.45, 2.75) is 57.2 Å². The molecule has 3 rings (SSSR count). The lowest BCUT2D eigenvalue weighted by molar-refractivity contribution is -0.258. The monoisotopic (exact) mass is 322 g/mol. The predicted octanol–water partition coefficient (Wildman–Crippen LogP) is 5.18. The highest BCUT2D eigenvalue weighted by Crippen LogP contribution is 2.55. The van der Waals surface area contributed by atoms with Crippen LogP contribution in [0.3, 0.4) is 0 Å². The molecule has 1 N–H and O–H groups in total. The van der Waals surface area contributed by atoms with Gasteiger partial charge in [-0.3, -0.25) is 0 Å². The van der Waals surface area contributed by atoms with Crippen molar-refractivity contribution in [2.75, 3.05) is 0 Å². The second-order valence-electron chi connectivity index (χ2n) is 7.71. The van der Waals surface area contributed by atoms with Crippen LogP contribution in [0.25, 0.3) is 10.8 Å². The van der Waals surface area contributed by atoms with E-state index >= 15 is 0 Å². The van der Waals surface area contributed by atoms with Crippen LogP contribution < -0.4 is 0 Å². The summed E-state index contributed by atoms with van der Waals surface area (Å²) < 4.78 is 40.0. The van der Waals surface area contributed by atoms with Crippen LogP contribution in [0.15, 0.2) is 30.3 Å². The Labute approximate surface area is 134 Å². The number of rotatable bonds is 1. The highest BCUT2D eigenvalue weighted by Gasteiger charge is 2.53. The third kappa shape index (κ3) is 1.84. The summed E-state index contributed by atoms with van der Waals surface area (Å²) in [5, 5.41) is 11.5. The van der Waals surface area contributed by atoms with Gasteiger partial charge in [-0.05, 0) is 39.7 Å². The molecule has 0 heterocycles. The molecule has 2 aromatic rings. The van der Waals surface area contributed by atoms with Crippen LogP contribution in [0.4, 0.5) is 13.2 Å². The second-order valence-corrected chi connectivity index (χ2v) is 7.71. The fourth-order valence-electron chi connectivity index (χ4n) is 3.70. The molecule has 0 aliphatic heterocycles. The largest absolute Gasteiger partial charge is 0.421 e. The minimum absolute atomic E-state index is 0.0842. The molecule has 0 bridgehead atoms. The van der Waals surface area contributed by atoms with Gasteiger partial charge in [0, 0.05) is 5.56 Å². The summed E-state index contributed by atoms with van der Waals surface area (Å²) in [5.41, 5.74) is -1.28. The molecule has 124 valence electrons. The highest BCUT2D eigenvalue weighted by atomic mass is 19.4. The van der Waals surface area contributed by atoms with Crippen molar-refractivity contribution in [3.05, 3.63) is 47.0 Å². The van der Waals surface area contributed by atoms with Gasteiger partial charge in [0.15, 0.2) is 5.60 Å². The van der Waals surface area contributed by atoms with Gasteiger partial charge in [-0.15, -0.1) is 0 Å². The molecular weight excluding hydrogens is 301 g/mol. The summed E-state index contributed by atoms with van der Waals surface area (Å²) >= 11 is 0. The molecule has 0 fully saturated rings. The van der Waals surface area contributed by atoms with Crippen molar-refractivity contribution in [2.24, 2.45) is 0 Å². The maximum atomic E-state index is 13.3. The van der Waals surface area contributed by atoms with Crippen molar-refractivity contribution in [3.63, 3.8) is 0 Å². The Morgan fingerprint density at radius 2 is 1.39 bits per heavy atom. The summed E-state index contributed by atoms with van der Waals surface area (Å²) in [5.74, 6) is 0. The molecule has 0 aromatic heterocycles. The molecule has 4 heteroatoms. The molecule has 1 unspecified atom stereocenters. The van der Waals surface area contributed by atoms with E-state index in [4.69, 9.17) is 0 Å². The number of hydrogen-bond acceptors (Lipinski definition) is 1. The van der Waals surface area contributed by atoms with Gasteiger partial charge in [-0.25, -0.2) is 0 Å². The summed E-state index contributed by atoms with van der Waals surface area (Å²) in [4.78, 5) is 0. The molecule has 1 aliphatic rings. The lowest BCUT2D eigenvalue weighted by Gasteiger charge is -2.37. The van der Waals surface area contributed by atoms with Crippen LogP contribution in [-0.2, 0) is 16.4 Å². The average Bonchev–Trinajstić information content (AvgIpc) is 2.57. The molecule has 0 amide bonds. The van der Waals surface area contributed by atoms with Gasteiger partial charge < -0.3 is 5.11 Å². The minimum atomic E-state index is -4.73. The van der Waals surface area contributed by atoms with E-state index in [-0.39, 0.29) is 16.4 Å². The maximum absolute atomic E-state index is 13.3. The van der Waals surface area contributed by atoms with Crippen LogP contribution in [0.2, 0.25) is 0 Å². The number of halogens is 3. The van der Waals surface area contributed by atoms with E-state index in [0.717, 1.165) is 23.4 Å². The van der Waals surface area contributed by atoms with Crippen molar-refractivity contribution >= 4 is 10.8 Å². The van der Waals surface area contributed by atoms with E-state index in [2.05, 4.69) is 27.7 Å². The zero-order valence-corrected chi connectivity index (χ0v) is 14.0. The zero-order chi connectivity index (χ0) is 17.4. The Balaban J connectivity index is 2.43. The smallest absolute Gasteiger partial charge is 0.376 e. The summed E-state index contributed by atoms with van der Waals surface area (Å²) in [7, 11) is 0. The van der Waals surface area contributed by atoms with Crippen molar-refractivity contribution in [1.29, 1.82) is 0 Å². The first kappa shape index (κ1) is 16.3. The van der Waals surface area contributed by atoms with Gasteiger partial charge in [0.25, 0.3) is 0 Å². The predicted molar refractivity (Wildman–Crippen MR) is 85.6 cm³/mol. The molecule has 1 aliphatic carbocycles.